The molecule has 1 atom stereocenters. The summed E-state index contributed by atoms with van der Waals surface area (Å²) in [4.78, 5) is 31.0. The van der Waals surface area contributed by atoms with Gasteiger partial charge in [-0.05, 0) is 6.07 Å². The minimum atomic E-state index is -2.11. The average Bonchev–Trinajstić information content (AvgIpc) is 2.35. The Morgan fingerprint density at radius 2 is 2.17 bits per heavy atom. The molecule has 1 aromatic carbocycles. The van der Waals surface area contributed by atoms with E-state index in [1.165, 1.54) is 6.07 Å². The first-order chi connectivity index (χ1) is 8.42. The average molecular weight is 250 g/mol. The fourth-order valence-electron chi connectivity index (χ4n) is 1.35. The van der Waals surface area contributed by atoms with Gasteiger partial charge in [0.05, 0.1) is 4.92 Å². The summed E-state index contributed by atoms with van der Waals surface area (Å²) in [6, 6.07) is 3.22. The second-order valence-corrected chi connectivity index (χ2v) is 3.23. The highest BCUT2D eigenvalue weighted by molar-refractivity contribution is 5.82. The number of aldehydes is 1. The molecule has 0 amide bonds. The van der Waals surface area contributed by atoms with E-state index in [2.05, 4.69) is 0 Å². The Labute approximate surface area is 99.8 Å². The molecule has 0 bridgehead atoms. The zero-order valence-corrected chi connectivity index (χ0v) is 8.73. The SMILES string of the molecule is N#Cc1c(C(O)C(=O)O)cc(C=O)cc1[N+](=O)[O-]. The van der Waals surface area contributed by atoms with Gasteiger partial charge in [-0.2, -0.15) is 5.26 Å². The van der Waals surface area contributed by atoms with Gasteiger partial charge in [0, 0.05) is 17.2 Å². The summed E-state index contributed by atoms with van der Waals surface area (Å²) in [5.74, 6) is -1.68. The van der Waals surface area contributed by atoms with Crippen LogP contribution >= 0.6 is 0 Å². The fraction of sp³-hybridized carbons (Fsp3) is 0.100. The lowest BCUT2D eigenvalue weighted by atomic mass is 9.98. The van der Waals surface area contributed by atoms with E-state index in [4.69, 9.17) is 10.4 Å². The number of carboxylic acids is 1. The van der Waals surface area contributed by atoms with Crippen LogP contribution in [0.4, 0.5) is 5.69 Å². The number of nitro groups is 1. The van der Waals surface area contributed by atoms with Crippen LogP contribution in [0.25, 0.3) is 0 Å². The highest BCUT2D eigenvalue weighted by Crippen LogP contribution is 2.28. The van der Waals surface area contributed by atoms with Crippen molar-refractivity contribution in [1.29, 1.82) is 5.26 Å². The van der Waals surface area contributed by atoms with Crippen LogP contribution in [0.15, 0.2) is 12.1 Å². The zero-order valence-electron chi connectivity index (χ0n) is 8.73. The Hall–Kier alpha value is -2.79. The highest BCUT2D eigenvalue weighted by Gasteiger charge is 2.27. The number of nitriles is 1. The van der Waals surface area contributed by atoms with Crippen molar-refractivity contribution < 1.29 is 24.7 Å². The number of hydrogen-bond donors (Lipinski definition) is 2. The van der Waals surface area contributed by atoms with Crippen LogP contribution in [0, 0.1) is 21.4 Å². The van der Waals surface area contributed by atoms with Gasteiger partial charge in [-0.1, -0.05) is 0 Å². The van der Waals surface area contributed by atoms with E-state index in [1.54, 1.807) is 0 Å². The van der Waals surface area contributed by atoms with Gasteiger partial charge in [0.15, 0.2) is 6.10 Å². The Morgan fingerprint density at radius 1 is 1.56 bits per heavy atom. The third kappa shape index (κ3) is 2.31. The van der Waals surface area contributed by atoms with E-state index in [1.807, 2.05) is 0 Å². The van der Waals surface area contributed by atoms with Crippen LogP contribution in [-0.2, 0) is 4.79 Å². The maximum atomic E-state index is 10.7. The van der Waals surface area contributed by atoms with Crippen LogP contribution in [0.1, 0.15) is 27.6 Å². The van der Waals surface area contributed by atoms with Crippen molar-refractivity contribution in [1.82, 2.24) is 0 Å². The van der Waals surface area contributed by atoms with Crippen molar-refractivity contribution in [2.24, 2.45) is 0 Å². The molecule has 0 aromatic heterocycles. The number of rotatable bonds is 4. The summed E-state index contributed by atoms with van der Waals surface area (Å²) in [5, 5.41) is 37.5. The van der Waals surface area contributed by atoms with E-state index in [9.17, 15) is 24.8 Å². The second-order valence-electron chi connectivity index (χ2n) is 3.23. The first-order valence-corrected chi connectivity index (χ1v) is 4.50. The molecule has 2 N–H and O–H groups in total. The first kappa shape index (κ1) is 13.3. The highest BCUT2D eigenvalue weighted by atomic mass is 16.6. The van der Waals surface area contributed by atoms with Crippen molar-refractivity contribution in [3.63, 3.8) is 0 Å². The molecule has 0 saturated carbocycles. The number of carboxylic acid groups (broad SMARTS) is 1. The molecular formula is C10H6N2O6. The van der Waals surface area contributed by atoms with Crippen LogP contribution in [0.2, 0.25) is 0 Å². The van der Waals surface area contributed by atoms with Crippen LogP contribution in [-0.4, -0.2) is 27.4 Å². The minimum Gasteiger partial charge on any atom is -0.479 e. The molecule has 0 aliphatic carbocycles. The molecule has 0 heterocycles. The van der Waals surface area contributed by atoms with E-state index in [-0.39, 0.29) is 11.8 Å². The fourth-order valence-corrected chi connectivity index (χ4v) is 1.35. The summed E-state index contributed by atoms with van der Waals surface area (Å²) in [6.45, 7) is 0. The molecule has 1 aromatic rings. The molecule has 0 spiro atoms. The molecule has 1 unspecified atom stereocenters. The Bertz CT molecular complexity index is 574. The van der Waals surface area contributed by atoms with Crippen LogP contribution in [0.5, 0.6) is 0 Å². The van der Waals surface area contributed by atoms with E-state index < -0.39 is 33.8 Å². The number of carbonyl (C=O) groups excluding carboxylic acids is 1. The molecule has 0 fully saturated rings. The lowest BCUT2D eigenvalue weighted by Gasteiger charge is -2.08. The lowest BCUT2D eigenvalue weighted by Crippen LogP contribution is -2.13. The third-order valence-electron chi connectivity index (χ3n) is 2.14. The van der Waals surface area contributed by atoms with Gasteiger partial charge in [0.25, 0.3) is 5.69 Å². The number of aliphatic hydroxyl groups excluding tert-OH is 1. The van der Waals surface area contributed by atoms with Crippen LogP contribution in [0.3, 0.4) is 0 Å². The first-order valence-electron chi connectivity index (χ1n) is 4.50. The second kappa shape index (κ2) is 5.03. The Kier molecular flexibility index (Phi) is 3.71. The van der Waals surface area contributed by atoms with Crippen LogP contribution < -0.4 is 0 Å². The Balaban J connectivity index is 3.63. The number of nitrogens with zero attached hydrogens (tertiary/aromatic N) is 2. The van der Waals surface area contributed by atoms with Crippen molar-refractivity contribution in [3.05, 3.63) is 38.9 Å². The topological polar surface area (TPSA) is 142 Å². The standard InChI is InChI=1S/C10H6N2O6/c11-3-7-6(9(14)10(15)16)1-5(4-13)2-8(7)12(17)18/h1-2,4,9,14H,(H,15,16). The zero-order chi connectivity index (χ0) is 13.9. The van der Waals surface area contributed by atoms with Crippen molar-refractivity contribution in [2.45, 2.75) is 6.10 Å². The van der Waals surface area contributed by atoms with Crippen molar-refractivity contribution in [2.75, 3.05) is 0 Å². The van der Waals surface area contributed by atoms with Gasteiger partial charge in [-0.25, -0.2) is 4.79 Å². The largest absolute Gasteiger partial charge is 0.479 e. The summed E-state index contributed by atoms with van der Waals surface area (Å²) in [7, 11) is 0. The molecule has 0 aliphatic rings. The molecule has 18 heavy (non-hydrogen) atoms. The summed E-state index contributed by atoms with van der Waals surface area (Å²) in [5.41, 5.74) is -1.99. The number of aliphatic hydroxyl groups is 1. The molecule has 0 saturated heterocycles. The predicted octanol–water partition coefficient (Wildman–Crippen LogP) is 0.397. The van der Waals surface area contributed by atoms with Crippen molar-refractivity contribution >= 4 is 17.9 Å². The molecule has 92 valence electrons. The maximum absolute atomic E-state index is 10.7. The molecule has 1 rings (SSSR count). The quantitative estimate of drug-likeness (QED) is 0.447. The van der Waals surface area contributed by atoms with Gasteiger partial charge in [0.1, 0.15) is 17.9 Å². The minimum absolute atomic E-state index is 0.198. The van der Waals surface area contributed by atoms with E-state index in [0.717, 1.165) is 12.1 Å². The van der Waals surface area contributed by atoms with Crippen molar-refractivity contribution in [3.8, 4) is 6.07 Å². The lowest BCUT2D eigenvalue weighted by molar-refractivity contribution is -0.385. The molecular weight excluding hydrogens is 244 g/mol. The maximum Gasteiger partial charge on any atom is 0.337 e. The molecule has 8 nitrogen and oxygen atoms in total. The molecule has 0 aliphatic heterocycles. The third-order valence-corrected chi connectivity index (χ3v) is 2.14. The number of carbonyl (C=O) groups is 2. The van der Waals surface area contributed by atoms with E-state index in [0.29, 0.717) is 0 Å². The molecule has 8 heteroatoms. The summed E-state index contributed by atoms with van der Waals surface area (Å²) in [6.07, 6.45) is -1.86. The predicted molar refractivity (Wildman–Crippen MR) is 55.8 cm³/mol. The van der Waals surface area contributed by atoms with Gasteiger partial charge < -0.3 is 10.2 Å². The van der Waals surface area contributed by atoms with Gasteiger partial charge in [0.2, 0.25) is 0 Å². The number of benzene rings is 1. The van der Waals surface area contributed by atoms with Gasteiger partial charge >= 0.3 is 5.97 Å². The smallest absolute Gasteiger partial charge is 0.337 e. The summed E-state index contributed by atoms with van der Waals surface area (Å²) >= 11 is 0. The molecule has 0 radical (unpaired) electrons. The van der Waals surface area contributed by atoms with Gasteiger partial charge in [-0.15, -0.1) is 0 Å². The number of hydrogen-bond acceptors (Lipinski definition) is 6. The number of nitro benzene ring substituents is 1. The monoisotopic (exact) mass is 250 g/mol. The number of aliphatic carboxylic acids is 1. The van der Waals surface area contributed by atoms with E-state index >= 15 is 0 Å². The normalized spacial score (nSPS) is 11.3. The Morgan fingerprint density at radius 3 is 2.56 bits per heavy atom. The summed E-state index contributed by atoms with van der Waals surface area (Å²) < 4.78 is 0. The van der Waals surface area contributed by atoms with Gasteiger partial charge in [-0.3, -0.25) is 14.9 Å².